The van der Waals surface area contributed by atoms with Gasteiger partial charge in [-0.15, -0.1) is 11.8 Å². The molecule has 1 aromatic heterocycles. The molecule has 0 unspecified atom stereocenters. The molecule has 100 valence electrons. The first kappa shape index (κ1) is 12.7. The molecule has 0 aliphatic carbocycles. The van der Waals surface area contributed by atoms with Crippen molar-refractivity contribution in [3.8, 4) is 0 Å². The third kappa shape index (κ3) is 2.14. The lowest BCUT2D eigenvalue weighted by atomic mass is 10.1. The van der Waals surface area contributed by atoms with Crippen molar-refractivity contribution in [3.63, 3.8) is 0 Å². The summed E-state index contributed by atoms with van der Waals surface area (Å²) in [6, 6.07) is 10.3. The molecule has 2 N–H and O–H groups in total. The van der Waals surface area contributed by atoms with Crippen molar-refractivity contribution in [1.29, 1.82) is 0 Å². The molecule has 0 spiro atoms. The topological polar surface area (TPSA) is 76.3 Å². The van der Waals surface area contributed by atoms with Crippen LogP contribution >= 0.6 is 11.8 Å². The van der Waals surface area contributed by atoms with E-state index in [2.05, 4.69) is 4.98 Å². The van der Waals surface area contributed by atoms with Gasteiger partial charge in [-0.1, -0.05) is 12.1 Å². The molecule has 0 radical (unpaired) electrons. The van der Waals surface area contributed by atoms with Gasteiger partial charge >= 0.3 is 0 Å². The van der Waals surface area contributed by atoms with Crippen LogP contribution in [0.25, 0.3) is 0 Å². The molecule has 5 nitrogen and oxygen atoms in total. The number of imide groups is 1. The van der Waals surface area contributed by atoms with Gasteiger partial charge in [0.15, 0.2) is 0 Å². The first-order valence-corrected chi connectivity index (χ1v) is 6.95. The zero-order chi connectivity index (χ0) is 14.1. The van der Waals surface area contributed by atoms with Gasteiger partial charge in [0.1, 0.15) is 5.82 Å². The van der Waals surface area contributed by atoms with Gasteiger partial charge in [0.25, 0.3) is 11.8 Å². The van der Waals surface area contributed by atoms with Crippen LogP contribution in [0.3, 0.4) is 0 Å². The average molecular weight is 285 g/mol. The maximum absolute atomic E-state index is 12.1. The molecule has 20 heavy (non-hydrogen) atoms. The lowest BCUT2D eigenvalue weighted by Crippen LogP contribution is -2.29. The minimum Gasteiger partial charge on any atom is -0.384 e. The van der Waals surface area contributed by atoms with Crippen molar-refractivity contribution in [1.82, 2.24) is 9.88 Å². The van der Waals surface area contributed by atoms with E-state index in [0.717, 1.165) is 4.90 Å². The molecule has 1 aliphatic rings. The highest BCUT2D eigenvalue weighted by molar-refractivity contribution is 7.99. The summed E-state index contributed by atoms with van der Waals surface area (Å²) in [5.41, 5.74) is 6.44. The first-order valence-electron chi connectivity index (χ1n) is 5.96. The number of nitrogens with two attached hydrogens (primary N) is 1. The number of rotatable bonds is 3. The predicted octanol–water partition coefficient (Wildman–Crippen LogP) is 2.01. The van der Waals surface area contributed by atoms with Crippen LogP contribution in [0, 0.1) is 0 Å². The summed E-state index contributed by atoms with van der Waals surface area (Å²) in [4.78, 5) is 30.3. The molecule has 1 aliphatic heterocycles. The molecule has 0 saturated carbocycles. The number of benzene rings is 1. The van der Waals surface area contributed by atoms with Crippen LogP contribution in [0.15, 0.2) is 47.5 Å². The largest absolute Gasteiger partial charge is 0.384 e. The smallest absolute Gasteiger partial charge is 0.262 e. The van der Waals surface area contributed by atoms with E-state index in [4.69, 9.17) is 5.73 Å². The van der Waals surface area contributed by atoms with Crippen LogP contribution < -0.4 is 5.73 Å². The van der Waals surface area contributed by atoms with Crippen LogP contribution in [0.1, 0.15) is 20.7 Å². The molecule has 6 heteroatoms. The highest BCUT2D eigenvalue weighted by Gasteiger charge is 2.34. The Morgan fingerprint density at radius 1 is 1.05 bits per heavy atom. The minimum atomic E-state index is -0.249. The maximum Gasteiger partial charge on any atom is 0.262 e. The van der Waals surface area contributed by atoms with Crippen molar-refractivity contribution in [2.45, 2.75) is 4.90 Å². The van der Waals surface area contributed by atoms with Gasteiger partial charge in [0.2, 0.25) is 0 Å². The normalized spacial score (nSPS) is 13.7. The van der Waals surface area contributed by atoms with E-state index in [1.54, 1.807) is 36.5 Å². The Hall–Kier alpha value is -2.34. The fourth-order valence-electron chi connectivity index (χ4n) is 1.97. The molecule has 2 amide bonds. The minimum absolute atomic E-state index is 0.249. The van der Waals surface area contributed by atoms with Crippen molar-refractivity contribution in [2.24, 2.45) is 0 Å². The van der Waals surface area contributed by atoms with E-state index in [-0.39, 0.29) is 17.7 Å². The lowest BCUT2D eigenvalue weighted by Gasteiger charge is -2.12. The summed E-state index contributed by atoms with van der Waals surface area (Å²) in [5, 5.41) is 0. The number of hydrogen-bond acceptors (Lipinski definition) is 5. The molecule has 0 fully saturated rings. The predicted molar refractivity (Wildman–Crippen MR) is 76.3 cm³/mol. The van der Waals surface area contributed by atoms with Crippen LogP contribution in [0.2, 0.25) is 0 Å². The highest BCUT2D eigenvalue weighted by Crippen LogP contribution is 2.26. The fraction of sp³-hybridized carbons (Fsp3) is 0.0714. The molecule has 2 heterocycles. The van der Waals surface area contributed by atoms with E-state index in [1.165, 1.54) is 16.7 Å². The van der Waals surface area contributed by atoms with E-state index >= 15 is 0 Å². The van der Waals surface area contributed by atoms with Gasteiger partial charge in [-0.3, -0.25) is 14.5 Å². The Kier molecular flexibility index (Phi) is 3.15. The van der Waals surface area contributed by atoms with Gasteiger partial charge in [-0.2, -0.15) is 0 Å². The van der Waals surface area contributed by atoms with E-state index < -0.39 is 0 Å². The number of thioether (sulfide) groups is 1. The van der Waals surface area contributed by atoms with E-state index in [9.17, 15) is 9.59 Å². The van der Waals surface area contributed by atoms with Crippen LogP contribution in [0.5, 0.6) is 0 Å². The number of fused-ring (bicyclic) bond motifs is 1. The summed E-state index contributed by atoms with van der Waals surface area (Å²) in [7, 11) is 0. The summed E-state index contributed by atoms with van der Waals surface area (Å²) >= 11 is 1.37. The van der Waals surface area contributed by atoms with Gasteiger partial charge in [-0.25, -0.2) is 4.98 Å². The number of hydrogen-bond donors (Lipinski definition) is 1. The SMILES string of the molecule is Nc1ccc(SCN2C(=O)c3ccccc3C2=O)cn1. The van der Waals surface area contributed by atoms with Crippen molar-refractivity contribution in [3.05, 3.63) is 53.7 Å². The van der Waals surface area contributed by atoms with E-state index in [0.29, 0.717) is 16.9 Å². The Morgan fingerprint density at radius 3 is 2.25 bits per heavy atom. The molecular formula is C14H11N3O2S. The lowest BCUT2D eigenvalue weighted by molar-refractivity contribution is 0.0684. The second-order valence-electron chi connectivity index (χ2n) is 4.28. The zero-order valence-electron chi connectivity index (χ0n) is 10.4. The Morgan fingerprint density at radius 2 is 1.70 bits per heavy atom. The zero-order valence-corrected chi connectivity index (χ0v) is 11.3. The van der Waals surface area contributed by atoms with Crippen LogP contribution in [0.4, 0.5) is 5.82 Å². The molecule has 3 rings (SSSR count). The highest BCUT2D eigenvalue weighted by atomic mass is 32.2. The standard InChI is InChI=1S/C14H11N3O2S/c15-12-6-5-9(7-16-12)20-8-17-13(18)10-3-1-2-4-11(10)14(17)19/h1-7H,8H2,(H2,15,16). The Bertz CT molecular complexity index is 650. The third-order valence-corrected chi connectivity index (χ3v) is 3.96. The number of carbonyl (C=O) groups is 2. The molecule has 0 saturated heterocycles. The van der Waals surface area contributed by atoms with Gasteiger partial charge in [0.05, 0.1) is 17.0 Å². The van der Waals surface area contributed by atoms with Gasteiger partial charge in [0, 0.05) is 11.1 Å². The Labute approximate surface area is 119 Å². The number of carbonyl (C=O) groups excluding carboxylic acids is 2. The molecule has 0 atom stereocenters. The van der Waals surface area contributed by atoms with Crippen molar-refractivity contribution in [2.75, 3.05) is 11.6 Å². The summed E-state index contributed by atoms with van der Waals surface area (Å²) in [6.45, 7) is 0. The second-order valence-corrected chi connectivity index (χ2v) is 5.29. The number of amides is 2. The third-order valence-electron chi connectivity index (χ3n) is 3.00. The number of pyridine rings is 1. The number of anilines is 1. The van der Waals surface area contributed by atoms with Crippen LogP contribution in [-0.4, -0.2) is 27.6 Å². The van der Waals surface area contributed by atoms with Crippen molar-refractivity contribution >= 4 is 29.4 Å². The first-order chi connectivity index (χ1) is 9.66. The number of nitrogens with zero attached hydrogens (tertiary/aromatic N) is 2. The number of aromatic nitrogens is 1. The number of nitrogen functional groups attached to an aromatic ring is 1. The molecular weight excluding hydrogens is 274 g/mol. The monoisotopic (exact) mass is 285 g/mol. The summed E-state index contributed by atoms with van der Waals surface area (Å²) in [5.74, 6) is 0.205. The van der Waals surface area contributed by atoms with Gasteiger partial charge in [-0.05, 0) is 24.3 Å². The molecule has 2 aromatic rings. The van der Waals surface area contributed by atoms with Crippen molar-refractivity contribution < 1.29 is 9.59 Å². The molecule has 1 aromatic carbocycles. The average Bonchev–Trinajstić information content (AvgIpc) is 2.71. The summed E-state index contributed by atoms with van der Waals surface area (Å²) in [6.07, 6.45) is 1.62. The van der Waals surface area contributed by atoms with Crippen LogP contribution in [-0.2, 0) is 0 Å². The second kappa shape index (κ2) is 4.97. The maximum atomic E-state index is 12.1. The molecule has 0 bridgehead atoms. The Balaban J connectivity index is 1.75. The quantitative estimate of drug-likeness (QED) is 0.689. The van der Waals surface area contributed by atoms with E-state index in [1.807, 2.05) is 6.07 Å². The summed E-state index contributed by atoms with van der Waals surface area (Å²) < 4.78 is 0. The van der Waals surface area contributed by atoms with Gasteiger partial charge < -0.3 is 5.73 Å². The fourth-order valence-corrected chi connectivity index (χ4v) is 2.78.